The van der Waals surface area contributed by atoms with Crippen molar-refractivity contribution in [2.24, 2.45) is 5.92 Å². The summed E-state index contributed by atoms with van der Waals surface area (Å²) in [6, 6.07) is 2.22. The number of nitrogens with zero attached hydrogens (tertiary/aromatic N) is 1. The predicted octanol–water partition coefficient (Wildman–Crippen LogP) is 2.10. The molecule has 62 valence electrons. The third kappa shape index (κ3) is 2.51. The van der Waals surface area contributed by atoms with Crippen molar-refractivity contribution < 1.29 is 4.74 Å². The minimum Gasteiger partial charge on any atom is -0.376 e. The van der Waals surface area contributed by atoms with E-state index < -0.39 is 0 Å². The molecule has 1 aliphatic heterocycles. The lowest BCUT2D eigenvalue weighted by molar-refractivity contribution is -0.0510. The quantitative estimate of drug-likeness (QED) is 0.578. The van der Waals surface area contributed by atoms with Gasteiger partial charge >= 0.3 is 0 Å². The Morgan fingerprint density at radius 3 is 2.36 bits per heavy atom. The molecule has 0 radical (unpaired) electrons. The number of hydrogen-bond acceptors (Lipinski definition) is 2. The molecule has 1 rings (SSSR count). The Kier molecular flexibility index (Phi) is 2.90. The number of nitriles is 1. The first-order chi connectivity index (χ1) is 5.22. The van der Waals surface area contributed by atoms with Gasteiger partial charge in [0.2, 0.25) is 0 Å². The van der Waals surface area contributed by atoms with E-state index in [1.165, 1.54) is 0 Å². The van der Waals surface area contributed by atoms with E-state index in [9.17, 15) is 0 Å². The van der Waals surface area contributed by atoms with Crippen LogP contribution in [0.15, 0.2) is 0 Å². The summed E-state index contributed by atoms with van der Waals surface area (Å²) in [5.41, 5.74) is 0. The number of rotatable bonds is 1. The summed E-state index contributed by atoms with van der Waals surface area (Å²) in [6.07, 6.45) is 3.49. The second-order valence-electron chi connectivity index (χ2n) is 3.46. The molecule has 1 unspecified atom stereocenters. The molecule has 1 fully saturated rings. The zero-order valence-corrected chi connectivity index (χ0v) is 7.21. The maximum absolute atomic E-state index is 8.50. The van der Waals surface area contributed by atoms with Gasteiger partial charge in [0.25, 0.3) is 0 Å². The summed E-state index contributed by atoms with van der Waals surface area (Å²) in [6.45, 7) is 4.17. The average molecular weight is 153 g/mol. The van der Waals surface area contributed by atoms with E-state index in [1.807, 2.05) is 0 Å². The Labute approximate surface area is 68.2 Å². The largest absolute Gasteiger partial charge is 0.376 e. The third-order valence-electron chi connectivity index (χ3n) is 2.18. The topological polar surface area (TPSA) is 33.0 Å². The maximum Gasteiger partial charge on any atom is 0.0624 e. The average Bonchev–Trinajstić information content (AvgIpc) is 1.85. The van der Waals surface area contributed by atoms with Gasteiger partial charge in [0, 0.05) is 6.42 Å². The van der Waals surface area contributed by atoms with Gasteiger partial charge in [-0.05, 0) is 32.6 Å². The number of ether oxygens (including phenoxy) is 1. The first kappa shape index (κ1) is 8.55. The Morgan fingerprint density at radius 2 is 1.91 bits per heavy atom. The lowest BCUT2D eigenvalue weighted by atomic mass is 9.90. The summed E-state index contributed by atoms with van der Waals surface area (Å²) >= 11 is 0. The molecule has 0 spiro atoms. The molecular weight excluding hydrogens is 138 g/mol. The summed E-state index contributed by atoms with van der Waals surface area (Å²) < 4.78 is 5.55. The van der Waals surface area contributed by atoms with Crippen LogP contribution in [0, 0.1) is 17.2 Å². The lowest BCUT2D eigenvalue weighted by Gasteiger charge is -2.30. The van der Waals surface area contributed by atoms with Crippen LogP contribution < -0.4 is 0 Å². The van der Waals surface area contributed by atoms with Gasteiger partial charge in [0.1, 0.15) is 0 Å². The van der Waals surface area contributed by atoms with E-state index >= 15 is 0 Å². The van der Waals surface area contributed by atoms with Crippen LogP contribution in [0.2, 0.25) is 0 Å². The fraction of sp³-hybridized carbons (Fsp3) is 0.889. The molecule has 1 saturated heterocycles. The van der Waals surface area contributed by atoms with Crippen LogP contribution in [-0.4, -0.2) is 12.2 Å². The highest BCUT2D eigenvalue weighted by Crippen LogP contribution is 2.26. The fourth-order valence-electron chi connectivity index (χ4n) is 1.84. The Bertz CT molecular complexity index is 151. The second kappa shape index (κ2) is 3.73. The normalized spacial score (nSPS) is 38.1. The standard InChI is InChI=1S/C9H15NO/c1-7-5-9(3-4-10)6-8(2)11-7/h7-9H,3,5-6H2,1-2H3/t7-,8+,9?. The lowest BCUT2D eigenvalue weighted by Crippen LogP contribution is -2.28. The van der Waals surface area contributed by atoms with Crippen LogP contribution >= 0.6 is 0 Å². The summed E-state index contributed by atoms with van der Waals surface area (Å²) in [4.78, 5) is 0. The van der Waals surface area contributed by atoms with Crippen molar-refractivity contribution in [1.29, 1.82) is 5.26 Å². The van der Waals surface area contributed by atoms with Crippen molar-refractivity contribution in [3.63, 3.8) is 0 Å². The SMILES string of the molecule is C[C@@H]1CC(CC#N)C[C@H](C)O1. The monoisotopic (exact) mass is 153 g/mol. The summed E-state index contributed by atoms with van der Waals surface area (Å²) in [5, 5.41) is 8.50. The van der Waals surface area contributed by atoms with Gasteiger partial charge in [-0.25, -0.2) is 0 Å². The van der Waals surface area contributed by atoms with E-state index in [4.69, 9.17) is 10.00 Å². The first-order valence-corrected chi connectivity index (χ1v) is 4.24. The summed E-state index contributed by atoms with van der Waals surface area (Å²) in [7, 11) is 0. The van der Waals surface area contributed by atoms with E-state index in [-0.39, 0.29) is 0 Å². The van der Waals surface area contributed by atoms with Crippen LogP contribution in [0.3, 0.4) is 0 Å². The van der Waals surface area contributed by atoms with Crippen molar-refractivity contribution in [3.05, 3.63) is 0 Å². The van der Waals surface area contributed by atoms with E-state index in [0.29, 0.717) is 24.5 Å². The molecule has 0 aromatic carbocycles. The third-order valence-corrected chi connectivity index (χ3v) is 2.18. The van der Waals surface area contributed by atoms with Crippen LogP contribution in [0.4, 0.5) is 0 Å². The molecule has 0 N–H and O–H groups in total. The molecule has 1 aliphatic rings. The maximum atomic E-state index is 8.50. The molecular formula is C9H15NO. The van der Waals surface area contributed by atoms with Gasteiger partial charge in [-0.2, -0.15) is 5.26 Å². The molecule has 1 heterocycles. The van der Waals surface area contributed by atoms with Crippen molar-refractivity contribution in [2.75, 3.05) is 0 Å². The van der Waals surface area contributed by atoms with E-state index in [1.54, 1.807) is 0 Å². The van der Waals surface area contributed by atoms with Gasteiger partial charge in [0.15, 0.2) is 0 Å². The van der Waals surface area contributed by atoms with Gasteiger partial charge in [-0.1, -0.05) is 0 Å². The van der Waals surface area contributed by atoms with Gasteiger partial charge in [-0.3, -0.25) is 0 Å². The van der Waals surface area contributed by atoms with E-state index in [0.717, 1.165) is 12.8 Å². The molecule has 3 atom stereocenters. The first-order valence-electron chi connectivity index (χ1n) is 4.24. The smallest absolute Gasteiger partial charge is 0.0624 e. The highest BCUT2D eigenvalue weighted by molar-refractivity contribution is 4.81. The molecule has 2 nitrogen and oxygen atoms in total. The zero-order valence-electron chi connectivity index (χ0n) is 7.21. The van der Waals surface area contributed by atoms with Gasteiger partial charge < -0.3 is 4.74 Å². The van der Waals surface area contributed by atoms with Crippen LogP contribution in [0.25, 0.3) is 0 Å². The second-order valence-corrected chi connectivity index (χ2v) is 3.46. The zero-order chi connectivity index (χ0) is 8.27. The van der Waals surface area contributed by atoms with Gasteiger partial charge in [-0.15, -0.1) is 0 Å². The van der Waals surface area contributed by atoms with Crippen molar-refractivity contribution in [3.8, 4) is 6.07 Å². The van der Waals surface area contributed by atoms with E-state index in [2.05, 4.69) is 19.9 Å². The van der Waals surface area contributed by atoms with Crippen molar-refractivity contribution in [2.45, 2.75) is 45.3 Å². The number of hydrogen-bond donors (Lipinski definition) is 0. The van der Waals surface area contributed by atoms with Crippen molar-refractivity contribution >= 4 is 0 Å². The van der Waals surface area contributed by atoms with Crippen LogP contribution in [-0.2, 0) is 4.74 Å². The molecule has 0 bridgehead atoms. The molecule has 0 aliphatic carbocycles. The summed E-state index contributed by atoms with van der Waals surface area (Å²) in [5.74, 6) is 0.568. The van der Waals surface area contributed by atoms with Crippen molar-refractivity contribution in [1.82, 2.24) is 0 Å². The highest BCUT2D eigenvalue weighted by atomic mass is 16.5. The minimum absolute atomic E-state index is 0.345. The Balaban J connectivity index is 2.38. The predicted molar refractivity (Wildman–Crippen MR) is 43.0 cm³/mol. The van der Waals surface area contributed by atoms with Gasteiger partial charge in [0.05, 0.1) is 18.3 Å². The minimum atomic E-state index is 0.345. The molecule has 0 amide bonds. The molecule has 11 heavy (non-hydrogen) atoms. The molecule has 2 heteroatoms. The Hall–Kier alpha value is -0.550. The molecule has 0 saturated carbocycles. The van der Waals surface area contributed by atoms with Crippen LogP contribution in [0.5, 0.6) is 0 Å². The Morgan fingerprint density at radius 1 is 1.36 bits per heavy atom. The van der Waals surface area contributed by atoms with Crippen LogP contribution in [0.1, 0.15) is 33.1 Å². The highest BCUT2D eigenvalue weighted by Gasteiger charge is 2.23. The molecule has 0 aromatic heterocycles. The fourth-order valence-corrected chi connectivity index (χ4v) is 1.84. The molecule has 0 aromatic rings.